The molecule has 0 N–H and O–H groups in total. The predicted octanol–water partition coefficient (Wildman–Crippen LogP) is 3.56. The van der Waals surface area contributed by atoms with Crippen molar-refractivity contribution in [2.24, 2.45) is 0 Å². The molecule has 0 aliphatic heterocycles. The molecule has 5 heteroatoms. The number of alkyl halides is 1. The van der Waals surface area contributed by atoms with Crippen molar-refractivity contribution in [3.8, 4) is 6.19 Å². The minimum atomic E-state index is 0.150. The van der Waals surface area contributed by atoms with Gasteiger partial charge in [0.25, 0.3) is 0 Å². The number of thioether (sulfide) groups is 1. The maximum absolute atomic E-state index is 8.63. The van der Waals surface area contributed by atoms with Gasteiger partial charge in [-0.3, -0.25) is 0 Å². The molecule has 0 bridgehead atoms. The maximum atomic E-state index is 8.63. The number of hydrogen-bond acceptors (Lipinski definition) is 3. The molecule has 0 rings (SSSR count). The number of unbranched alkanes of at least 4 members (excludes halogenated alkanes) is 3. The molecule has 0 saturated carbocycles. The van der Waals surface area contributed by atoms with E-state index in [9.17, 15) is 0 Å². The third kappa shape index (κ3) is 6.47. The van der Waals surface area contributed by atoms with Crippen molar-refractivity contribution >= 4 is 39.9 Å². The zero-order valence-electron chi connectivity index (χ0n) is 8.33. The van der Waals surface area contributed by atoms with Crippen LogP contribution < -0.4 is 0 Å². The summed E-state index contributed by atoms with van der Waals surface area (Å²) in [5, 5.41) is 8.63. The van der Waals surface area contributed by atoms with Crippen molar-refractivity contribution in [2.45, 2.75) is 32.6 Å². The van der Waals surface area contributed by atoms with Crippen molar-refractivity contribution in [1.29, 1.82) is 5.26 Å². The second-order valence-corrected chi connectivity index (χ2v) is 4.79. The van der Waals surface area contributed by atoms with Gasteiger partial charge in [0.15, 0.2) is 10.5 Å². The molecule has 0 spiro atoms. The summed E-state index contributed by atoms with van der Waals surface area (Å²) in [6.07, 6.45) is 6.84. The Morgan fingerprint density at radius 2 is 2.21 bits per heavy atom. The van der Waals surface area contributed by atoms with Gasteiger partial charge in [0.2, 0.25) is 0 Å². The summed E-state index contributed by atoms with van der Waals surface area (Å²) in [7, 11) is 0. The van der Waals surface area contributed by atoms with Crippen LogP contribution in [0.15, 0.2) is 0 Å². The van der Waals surface area contributed by atoms with Crippen molar-refractivity contribution in [3.63, 3.8) is 0 Å². The van der Waals surface area contributed by atoms with E-state index in [1.165, 1.54) is 35.9 Å². The molecule has 0 aromatic rings. The first kappa shape index (κ1) is 14.0. The number of nitriles is 1. The topological polar surface area (TPSA) is 27.0 Å². The quantitative estimate of drug-likeness (QED) is 0.180. The highest BCUT2D eigenvalue weighted by atomic mass is 35.5. The summed E-state index contributed by atoms with van der Waals surface area (Å²) in [4.78, 5) is 1.32. The third-order valence-corrected chi connectivity index (χ3v) is 3.46. The summed E-state index contributed by atoms with van der Waals surface area (Å²) >= 11 is 12.1. The van der Waals surface area contributed by atoms with Crippen LogP contribution in [0.2, 0.25) is 0 Å². The van der Waals surface area contributed by atoms with Crippen molar-refractivity contribution in [2.75, 3.05) is 11.8 Å². The second kappa shape index (κ2) is 9.57. The molecule has 14 heavy (non-hydrogen) atoms. The van der Waals surface area contributed by atoms with Crippen LogP contribution in [0.5, 0.6) is 0 Å². The Morgan fingerprint density at radius 1 is 1.50 bits per heavy atom. The molecule has 0 amide bonds. The highest BCUT2D eigenvalue weighted by molar-refractivity contribution is 8.22. The molecule has 2 nitrogen and oxygen atoms in total. The molecule has 0 radical (unpaired) electrons. The summed E-state index contributed by atoms with van der Waals surface area (Å²) in [6, 6.07) is 0.150. The van der Waals surface area contributed by atoms with Gasteiger partial charge in [-0.25, -0.2) is 4.90 Å². The van der Waals surface area contributed by atoms with Crippen LogP contribution in [0, 0.1) is 11.5 Å². The number of nitrogens with zero attached hydrogens (tertiary/aromatic N) is 2. The van der Waals surface area contributed by atoms with Crippen LogP contribution >= 0.6 is 35.6 Å². The first-order chi connectivity index (χ1) is 6.76. The van der Waals surface area contributed by atoms with Gasteiger partial charge in [-0.15, -0.1) is 11.6 Å². The molecule has 80 valence electrons. The lowest BCUT2D eigenvalue weighted by molar-refractivity contribution is 0.700. The lowest BCUT2D eigenvalue weighted by Crippen LogP contribution is -2.20. The molecular weight excluding hydrogens is 236 g/mol. The molecule has 0 aliphatic rings. The highest BCUT2D eigenvalue weighted by Gasteiger charge is 2.06. The van der Waals surface area contributed by atoms with Gasteiger partial charge in [0, 0.05) is 5.75 Å². The Morgan fingerprint density at radius 3 is 2.71 bits per heavy atom. The number of halogens is 1. The lowest BCUT2D eigenvalue weighted by Gasteiger charge is -2.11. The highest BCUT2D eigenvalue weighted by Crippen LogP contribution is 2.12. The number of hydrogen-bond donors (Lipinski definition) is 0. The van der Waals surface area contributed by atoms with Crippen LogP contribution in [0.4, 0.5) is 0 Å². The SMILES string of the molecule is CCCCCCSC(=S)N(C#N)CCl. The van der Waals surface area contributed by atoms with Gasteiger partial charge in [-0.05, 0) is 6.42 Å². The van der Waals surface area contributed by atoms with Gasteiger partial charge in [0.05, 0.1) is 0 Å². The predicted molar refractivity (Wildman–Crippen MR) is 67.4 cm³/mol. The van der Waals surface area contributed by atoms with Crippen molar-refractivity contribution in [1.82, 2.24) is 4.90 Å². The van der Waals surface area contributed by atoms with Crippen LogP contribution in [0.25, 0.3) is 0 Å². The third-order valence-electron chi connectivity index (χ3n) is 1.68. The average Bonchev–Trinajstić information content (AvgIpc) is 2.19. The van der Waals surface area contributed by atoms with Crippen molar-refractivity contribution < 1.29 is 0 Å². The Kier molecular flexibility index (Phi) is 9.58. The fourth-order valence-electron chi connectivity index (χ4n) is 0.883. The summed E-state index contributed by atoms with van der Waals surface area (Å²) < 4.78 is 0.582. The average molecular weight is 251 g/mol. The molecule has 0 aromatic carbocycles. The molecule has 0 aliphatic carbocycles. The van der Waals surface area contributed by atoms with Crippen LogP contribution in [-0.2, 0) is 0 Å². The van der Waals surface area contributed by atoms with Crippen LogP contribution in [0.1, 0.15) is 32.6 Å². The van der Waals surface area contributed by atoms with Gasteiger partial charge >= 0.3 is 0 Å². The fraction of sp³-hybridized carbons (Fsp3) is 0.778. The van der Waals surface area contributed by atoms with Crippen LogP contribution in [-0.4, -0.2) is 21.0 Å². The summed E-state index contributed by atoms with van der Waals surface area (Å²) in [5.74, 6) is 0.980. The van der Waals surface area contributed by atoms with E-state index in [0.29, 0.717) is 4.32 Å². The van der Waals surface area contributed by atoms with Gasteiger partial charge in [-0.2, -0.15) is 5.26 Å². The number of thiocarbonyl (C=S) groups is 1. The normalized spacial score (nSPS) is 9.50. The van der Waals surface area contributed by atoms with E-state index in [1.54, 1.807) is 0 Å². The molecule has 0 unspecified atom stereocenters. The molecule has 0 aromatic heterocycles. The second-order valence-electron chi connectivity index (χ2n) is 2.82. The molecule has 0 saturated heterocycles. The zero-order valence-corrected chi connectivity index (χ0v) is 10.7. The van der Waals surface area contributed by atoms with Gasteiger partial charge in [-0.1, -0.05) is 50.2 Å². The Hall–Kier alpha value is 0.0200. The van der Waals surface area contributed by atoms with E-state index in [4.69, 9.17) is 29.1 Å². The standard InChI is InChI=1S/C9H15ClN2S2/c1-2-3-4-5-6-14-9(13)12(7-10)8-11/h2-7H2,1H3. The molecule has 0 heterocycles. The Bertz CT molecular complexity index is 203. The van der Waals surface area contributed by atoms with E-state index >= 15 is 0 Å². The minimum absolute atomic E-state index is 0.150. The Labute approximate surface area is 101 Å². The van der Waals surface area contributed by atoms with Crippen molar-refractivity contribution in [3.05, 3.63) is 0 Å². The first-order valence-electron chi connectivity index (χ1n) is 4.66. The monoisotopic (exact) mass is 250 g/mol. The van der Waals surface area contributed by atoms with E-state index < -0.39 is 0 Å². The minimum Gasteiger partial charge on any atom is -0.249 e. The van der Waals surface area contributed by atoms with Gasteiger partial charge < -0.3 is 0 Å². The van der Waals surface area contributed by atoms with Crippen LogP contribution in [0.3, 0.4) is 0 Å². The maximum Gasteiger partial charge on any atom is 0.186 e. The first-order valence-corrected chi connectivity index (χ1v) is 6.59. The molecular formula is C9H15ClN2S2. The zero-order chi connectivity index (χ0) is 10.8. The smallest absolute Gasteiger partial charge is 0.186 e. The summed E-state index contributed by atoms with van der Waals surface area (Å²) in [5.41, 5.74) is 0. The Balaban J connectivity index is 3.49. The number of rotatable bonds is 6. The largest absolute Gasteiger partial charge is 0.249 e. The lowest BCUT2D eigenvalue weighted by atomic mass is 10.2. The fourth-order valence-corrected chi connectivity index (χ4v) is 2.34. The van der Waals surface area contributed by atoms with Gasteiger partial charge in [0.1, 0.15) is 6.00 Å². The molecule has 0 atom stereocenters. The van der Waals surface area contributed by atoms with E-state index in [0.717, 1.165) is 12.2 Å². The van der Waals surface area contributed by atoms with E-state index in [2.05, 4.69) is 6.92 Å². The molecule has 0 fully saturated rings. The summed E-state index contributed by atoms with van der Waals surface area (Å²) in [6.45, 7) is 2.18. The van der Waals surface area contributed by atoms with E-state index in [1.807, 2.05) is 6.19 Å². The van der Waals surface area contributed by atoms with E-state index in [-0.39, 0.29) is 6.00 Å².